The van der Waals surface area contributed by atoms with Crippen molar-refractivity contribution in [1.82, 2.24) is 0 Å². The predicted molar refractivity (Wildman–Crippen MR) is 78.6 cm³/mol. The van der Waals surface area contributed by atoms with Crippen LogP contribution in [0.5, 0.6) is 0 Å². The summed E-state index contributed by atoms with van der Waals surface area (Å²) < 4.78 is 1.02. The molecule has 2 rings (SSSR count). The van der Waals surface area contributed by atoms with Gasteiger partial charge in [-0.25, -0.2) is 0 Å². The maximum Gasteiger partial charge on any atom is 0.0796 e. The Morgan fingerprint density at radius 3 is 2.56 bits per heavy atom. The normalized spacial score (nSPS) is 12.4. The highest BCUT2D eigenvalue weighted by Crippen LogP contribution is 2.25. The first kappa shape index (κ1) is 13.3. The maximum absolute atomic E-state index is 10.3. The van der Waals surface area contributed by atoms with Crippen molar-refractivity contribution in [2.45, 2.75) is 25.9 Å². The Morgan fingerprint density at radius 1 is 1.11 bits per heavy atom. The van der Waals surface area contributed by atoms with Crippen LogP contribution in [0.3, 0.4) is 0 Å². The maximum atomic E-state index is 10.3. The molecule has 0 spiro atoms. The average molecular weight is 305 g/mol. The highest BCUT2D eigenvalue weighted by atomic mass is 79.9. The van der Waals surface area contributed by atoms with Gasteiger partial charge in [0, 0.05) is 4.47 Å². The molecular formula is C16H17BrO. The van der Waals surface area contributed by atoms with Crippen molar-refractivity contribution in [2.24, 2.45) is 0 Å². The van der Waals surface area contributed by atoms with Crippen LogP contribution < -0.4 is 0 Å². The largest absolute Gasteiger partial charge is 0.388 e. The molecule has 0 saturated carbocycles. The first-order valence-electron chi connectivity index (χ1n) is 6.15. The Hall–Kier alpha value is -1.12. The minimum atomic E-state index is -0.400. The Balaban J connectivity index is 2.03. The first-order chi connectivity index (χ1) is 8.66. The molecule has 1 atom stereocenters. The fraction of sp³-hybridized carbons (Fsp3) is 0.250. The standard InChI is InChI=1S/C16H17BrO/c1-12-7-9-14(17)11-15(12)16(18)10-8-13-5-3-2-4-6-13/h2-7,9,11,16,18H,8,10H2,1H3. The lowest BCUT2D eigenvalue weighted by Gasteiger charge is -2.14. The van der Waals surface area contributed by atoms with E-state index >= 15 is 0 Å². The molecule has 0 aliphatic heterocycles. The van der Waals surface area contributed by atoms with E-state index in [4.69, 9.17) is 0 Å². The van der Waals surface area contributed by atoms with Gasteiger partial charge in [0.25, 0.3) is 0 Å². The molecule has 2 aromatic rings. The lowest BCUT2D eigenvalue weighted by molar-refractivity contribution is 0.167. The Labute approximate surface area is 117 Å². The Bertz CT molecular complexity index is 508. The molecule has 18 heavy (non-hydrogen) atoms. The van der Waals surface area contributed by atoms with Crippen LogP contribution in [-0.2, 0) is 6.42 Å². The van der Waals surface area contributed by atoms with Gasteiger partial charge in [-0.3, -0.25) is 0 Å². The van der Waals surface area contributed by atoms with Gasteiger partial charge in [-0.05, 0) is 48.6 Å². The van der Waals surface area contributed by atoms with E-state index < -0.39 is 6.10 Å². The van der Waals surface area contributed by atoms with Crippen molar-refractivity contribution in [3.05, 3.63) is 69.7 Å². The summed E-state index contributed by atoms with van der Waals surface area (Å²) in [6.07, 6.45) is 1.25. The third kappa shape index (κ3) is 3.44. The van der Waals surface area contributed by atoms with Crippen molar-refractivity contribution in [1.29, 1.82) is 0 Å². The van der Waals surface area contributed by atoms with Crippen molar-refractivity contribution >= 4 is 15.9 Å². The third-order valence-electron chi connectivity index (χ3n) is 3.15. The van der Waals surface area contributed by atoms with E-state index in [0.717, 1.165) is 28.4 Å². The summed E-state index contributed by atoms with van der Waals surface area (Å²) in [7, 11) is 0. The van der Waals surface area contributed by atoms with Crippen LogP contribution >= 0.6 is 15.9 Å². The molecule has 0 heterocycles. The average Bonchev–Trinajstić information content (AvgIpc) is 2.40. The van der Waals surface area contributed by atoms with Crippen molar-refractivity contribution < 1.29 is 5.11 Å². The van der Waals surface area contributed by atoms with Crippen LogP contribution in [-0.4, -0.2) is 5.11 Å². The zero-order valence-electron chi connectivity index (χ0n) is 10.4. The van der Waals surface area contributed by atoms with Crippen LogP contribution in [0.1, 0.15) is 29.2 Å². The summed E-state index contributed by atoms with van der Waals surface area (Å²) in [5, 5.41) is 10.3. The minimum Gasteiger partial charge on any atom is -0.388 e. The van der Waals surface area contributed by atoms with Crippen LogP contribution in [0.15, 0.2) is 53.0 Å². The molecule has 0 radical (unpaired) electrons. The second-order valence-corrected chi connectivity index (χ2v) is 5.46. The van der Waals surface area contributed by atoms with E-state index in [1.807, 2.05) is 43.3 Å². The topological polar surface area (TPSA) is 20.2 Å². The second kappa shape index (κ2) is 6.17. The fourth-order valence-electron chi connectivity index (χ4n) is 2.07. The van der Waals surface area contributed by atoms with Crippen molar-refractivity contribution in [3.63, 3.8) is 0 Å². The molecule has 0 aliphatic rings. The monoisotopic (exact) mass is 304 g/mol. The summed E-state index contributed by atoms with van der Waals surface area (Å²) >= 11 is 3.45. The van der Waals surface area contributed by atoms with Crippen molar-refractivity contribution in [3.8, 4) is 0 Å². The summed E-state index contributed by atoms with van der Waals surface area (Å²) in [5.41, 5.74) is 3.42. The number of rotatable bonds is 4. The number of hydrogen-bond donors (Lipinski definition) is 1. The fourth-order valence-corrected chi connectivity index (χ4v) is 2.45. The molecule has 1 N–H and O–H groups in total. The van der Waals surface area contributed by atoms with E-state index in [2.05, 4.69) is 28.1 Å². The van der Waals surface area contributed by atoms with E-state index in [-0.39, 0.29) is 0 Å². The second-order valence-electron chi connectivity index (χ2n) is 4.54. The first-order valence-corrected chi connectivity index (χ1v) is 6.94. The lowest BCUT2D eigenvalue weighted by Crippen LogP contribution is -2.02. The molecule has 0 aliphatic carbocycles. The molecule has 0 aromatic heterocycles. The molecule has 0 bridgehead atoms. The summed E-state index contributed by atoms with van der Waals surface area (Å²) in [6, 6.07) is 16.3. The molecule has 0 fully saturated rings. The van der Waals surface area contributed by atoms with Gasteiger partial charge < -0.3 is 5.11 Å². The van der Waals surface area contributed by atoms with Gasteiger partial charge in [0.2, 0.25) is 0 Å². The molecule has 0 amide bonds. The van der Waals surface area contributed by atoms with Gasteiger partial charge in [0.15, 0.2) is 0 Å². The summed E-state index contributed by atoms with van der Waals surface area (Å²) in [4.78, 5) is 0. The molecule has 2 aromatic carbocycles. The predicted octanol–water partition coefficient (Wildman–Crippen LogP) is 4.42. The highest BCUT2D eigenvalue weighted by Gasteiger charge is 2.10. The van der Waals surface area contributed by atoms with Crippen LogP contribution in [0.2, 0.25) is 0 Å². The molecule has 94 valence electrons. The van der Waals surface area contributed by atoms with Gasteiger partial charge in [-0.15, -0.1) is 0 Å². The van der Waals surface area contributed by atoms with Crippen LogP contribution in [0.25, 0.3) is 0 Å². The Morgan fingerprint density at radius 2 is 1.83 bits per heavy atom. The van der Waals surface area contributed by atoms with Crippen LogP contribution in [0.4, 0.5) is 0 Å². The quantitative estimate of drug-likeness (QED) is 0.886. The zero-order chi connectivity index (χ0) is 13.0. The van der Waals surface area contributed by atoms with E-state index in [9.17, 15) is 5.11 Å². The van der Waals surface area contributed by atoms with Gasteiger partial charge >= 0.3 is 0 Å². The van der Waals surface area contributed by atoms with E-state index in [1.54, 1.807) is 0 Å². The van der Waals surface area contributed by atoms with Gasteiger partial charge in [0.05, 0.1) is 6.10 Å². The molecule has 0 saturated heterocycles. The number of halogens is 1. The number of aliphatic hydroxyl groups is 1. The van der Waals surface area contributed by atoms with E-state index in [1.165, 1.54) is 5.56 Å². The smallest absolute Gasteiger partial charge is 0.0796 e. The third-order valence-corrected chi connectivity index (χ3v) is 3.64. The highest BCUT2D eigenvalue weighted by molar-refractivity contribution is 9.10. The number of aliphatic hydroxyl groups excluding tert-OH is 1. The van der Waals surface area contributed by atoms with Gasteiger partial charge in [0.1, 0.15) is 0 Å². The summed E-state index contributed by atoms with van der Waals surface area (Å²) in [5.74, 6) is 0. The number of benzene rings is 2. The van der Waals surface area contributed by atoms with Gasteiger partial charge in [-0.2, -0.15) is 0 Å². The summed E-state index contributed by atoms with van der Waals surface area (Å²) in [6.45, 7) is 2.04. The molecule has 1 nitrogen and oxygen atoms in total. The van der Waals surface area contributed by atoms with E-state index in [0.29, 0.717) is 0 Å². The van der Waals surface area contributed by atoms with Gasteiger partial charge in [-0.1, -0.05) is 52.3 Å². The molecular weight excluding hydrogens is 288 g/mol. The molecule has 1 unspecified atom stereocenters. The Kier molecular flexibility index (Phi) is 4.56. The minimum absolute atomic E-state index is 0.400. The number of aryl methyl sites for hydroxylation is 2. The van der Waals surface area contributed by atoms with Crippen molar-refractivity contribution in [2.75, 3.05) is 0 Å². The number of hydrogen-bond acceptors (Lipinski definition) is 1. The zero-order valence-corrected chi connectivity index (χ0v) is 12.0. The van der Waals surface area contributed by atoms with Crippen LogP contribution in [0, 0.1) is 6.92 Å². The lowest BCUT2D eigenvalue weighted by atomic mass is 9.98. The SMILES string of the molecule is Cc1ccc(Br)cc1C(O)CCc1ccccc1. The molecule has 2 heteroatoms.